The first kappa shape index (κ1) is 12.4. The van der Waals surface area contributed by atoms with Crippen molar-refractivity contribution in [3.63, 3.8) is 0 Å². The smallest absolute Gasteiger partial charge is 0.00724 e. The first-order valence-electron chi connectivity index (χ1n) is 7.02. The normalized spacial score (nSPS) is 38.8. The minimum Gasteiger partial charge on any atom is -0.314 e. The molecule has 1 aliphatic carbocycles. The van der Waals surface area contributed by atoms with E-state index in [2.05, 4.69) is 31.4 Å². The fourth-order valence-corrected chi connectivity index (χ4v) is 3.36. The number of rotatable bonds is 3. The predicted octanol–water partition coefficient (Wildman–Crippen LogP) is 2.54. The number of piperidine rings is 1. The Labute approximate surface area is 101 Å². The molecule has 3 atom stereocenters. The molecule has 2 heteroatoms. The summed E-state index contributed by atoms with van der Waals surface area (Å²) in [5.41, 5.74) is 0.582. The Kier molecular flexibility index (Phi) is 3.91. The molecule has 16 heavy (non-hydrogen) atoms. The van der Waals surface area contributed by atoms with Crippen LogP contribution in [0.4, 0.5) is 0 Å². The van der Waals surface area contributed by atoms with Crippen LogP contribution < -0.4 is 10.6 Å². The van der Waals surface area contributed by atoms with Gasteiger partial charge in [-0.3, -0.25) is 0 Å². The third kappa shape index (κ3) is 3.46. The van der Waals surface area contributed by atoms with E-state index in [1.807, 2.05) is 0 Å². The van der Waals surface area contributed by atoms with Gasteiger partial charge in [0.15, 0.2) is 0 Å². The van der Waals surface area contributed by atoms with Crippen molar-refractivity contribution in [2.45, 2.75) is 65.0 Å². The van der Waals surface area contributed by atoms with Crippen LogP contribution in [-0.2, 0) is 0 Å². The topological polar surface area (TPSA) is 24.1 Å². The molecule has 0 radical (unpaired) electrons. The summed E-state index contributed by atoms with van der Waals surface area (Å²) in [6.07, 6.45) is 6.85. The Morgan fingerprint density at radius 1 is 1.31 bits per heavy atom. The number of hydrogen-bond donors (Lipinski definition) is 2. The fourth-order valence-electron chi connectivity index (χ4n) is 3.36. The minimum absolute atomic E-state index is 0.582. The van der Waals surface area contributed by atoms with Gasteiger partial charge in [0.25, 0.3) is 0 Å². The molecule has 1 saturated carbocycles. The second-order valence-corrected chi connectivity index (χ2v) is 6.76. The second kappa shape index (κ2) is 5.05. The summed E-state index contributed by atoms with van der Waals surface area (Å²) in [6.45, 7) is 9.57. The quantitative estimate of drug-likeness (QED) is 0.770. The Hall–Kier alpha value is -0.0800. The highest BCUT2D eigenvalue weighted by molar-refractivity contribution is 4.87. The minimum atomic E-state index is 0.582. The van der Waals surface area contributed by atoms with Crippen LogP contribution >= 0.6 is 0 Å². The van der Waals surface area contributed by atoms with E-state index in [0.29, 0.717) is 5.41 Å². The largest absolute Gasteiger partial charge is 0.314 e. The second-order valence-electron chi connectivity index (χ2n) is 6.76. The third-order valence-electron chi connectivity index (χ3n) is 4.40. The lowest BCUT2D eigenvalue weighted by atomic mass is 9.91. The summed E-state index contributed by atoms with van der Waals surface area (Å²) in [4.78, 5) is 0. The van der Waals surface area contributed by atoms with Gasteiger partial charge in [-0.2, -0.15) is 0 Å². The van der Waals surface area contributed by atoms with Gasteiger partial charge in [-0.25, -0.2) is 0 Å². The van der Waals surface area contributed by atoms with E-state index in [1.54, 1.807) is 0 Å². The Bertz CT molecular complexity index is 223. The molecule has 0 aromatic heterocycles. The van der Waals surface area contributed by atoms with E-state index in [4.69, 9.17) is 0 Å². The maximum atomic E-state index is 3.80. The zero-order valence-corrected chi connectivity index (χ0v) is 11.2. The molecule has 2 N–H and O–H groups in total. The molecule has 94 valence electrons. The van der Waals surface area contributed by atoms with Crippen LogP contribution in [0.5, 0.6) is 0 Å². The van der Waals surface area contributed by atoms with Crippen LogP contribution in [0, 0.1) is 11.3 Å². The SMILES string of the molecule is CC1CC(CNC2CCC(C)(C)C2)CCN1. The van der Waals surface area contributed by atoms with Crippen LogP contribution in [0.3, 0.4) is 0 Å². The van der Waals surface area contributed by atoms with Crippen molar-refractivity contribution in [3.8, 4) is 0 Å². The first-order valence-corrected chi connectivity index (χ1v) is 7.02. The van der Waals surface area contributed by atoms with Crippen molar-refractivity contribution < 1.29 is 0 Å². The molecular formula is C14H28N2. The molecule has 2 nitrogen and oxygen atoms in total. The van der Waals surface area contributed by atoms with Gasteiger partial charge in [0, 0.05) is 12.1 Å². The third-order valence-corrected chi connectivity index (χ3v) is 4.40. The predicted molar refractivity (Wildman–Crippen MR) is 69.6 cm³/mol. The fraction of sp³-hybridized carbons (Fsp3) is 1.00. The Morgan fingerprint density at radius 3 is 2.75 bits per heavy atom. The van der Waals surface area contributed by atoms with Crippen molar-refractivity contribution >= 4 is 0 Å². The molecule has 0 aromatic carbocycles. The van der Waals surface area contributed by atoms with Gasteiger partial charge < -0.3 is 10.6 Å². The van der Waals surface area contributed by atoms with Gasteiger partial charge in [0.05, 0.1) is 0 Å². The number of hydrogen-bond acceptors (Lipinski definition) is 2. The number of nitrogens with one attached hydrogen (secondary N) is 2. The highest BCUT2D eigenvalue weighted by Gasteiger charge is 2.31. The lowest BCUT2D eigenvalue weighted by molar-refractivity contribution is 0.289. The molecule has 1 heterocycles. The van der Waals surface area contributed by atoms with E-state index in [9.17, 15) is 0 Å². The molecule has 0 amide bonds. The van der Waals surface area contributed by atoms with Gasteiger partial charge in [-0.15, -0.1) is 0 Å². The van der Waals surface area contributed by atoms with Gasteiger partial charge in [0.2, 0.25) is 0 Å². The molecule has 2 rings (SSSR count). The van der Waals surface area contributed by atoms with E-state index in [-0.39, 0.29) is 0 Å². The van der Waals surface area contributed by atoms with Crippen LogP contribution in [0.15, 0.2) is 0 Å². The van der Waals surface area contributed by atoms with Crippen molar-refractivity contribution in [2.75, 3.05) is 13.1 Å². The molecule has 1 saturated heterocycles. The van der Waals surface area contributed by atoms with Gasteiger partial charge in [-0.05, 0) is 63.5 Å². The molecule has 3 unspecified atom stereocenters. The van der Waals surface area contributed by atoms with Gasteiger partial charge in [0.1, 0.15) is 0 Å². The van der Waals surface area contributed by atoms with Crippen LogP contribution in [-0.4, -0.2) is 25.2 Å². The Morgan fingerprint density at radius 2 is 2.12 bits per heavy atom. The van der Waals surface area contributed by atoms with Crippen LogP contribution in [0.2, 0.25) is 0 Å². The monoisotopic (exact) mass is 224 g/mol. The summed E-state index contributed by atoms with van der Waals surface area (Å²) in [5.74, 6) is 0.903. The molecule has 2 fully saturated rings. The van der Waals surface area contributed by atoms with Crippen LogP contribution in [0.25, 0.3) is 0 Å². The highest BCUT2D eigenvalue weighted by Crippen LogP contribution is 2.37. The van der Waals surface area contributed by atoms with E-state index in [1.165, 1.54) is 45.2 Å². The Balaban J connectivity index is 1.68. The van der Waals surface area contributed by atoms with E-state index in [0.717, 1.165) is 18.0 Å². The highest BCUT2D eigenvalue weighted by atomic mass is 15.0. The maximum absolute atomic E-state index is 3.80. The average molecular weight is 224 g/mol. The zero-order chi connectivity index (χ0) is 11.6. The summed E-state index contributed by atoms with van der Waals surface area (Å²) in [7, 11) is 0. The molecule has 0 bridgehead atoms. The summed E-state index contributed by atoms with van der Waals surface area (Å²) < 4.78 is 0. The van der Waals surface area contributed by atoms with E-state index < -0.39 is 0 Å². The first-order chi connectivity index (χ1) is 7.55. The van der Waals surface area contributed by atoms with Gasteiger partial charge >= 0.3 is 0 Å². The van der Waals surface area contributed by atoms with Crippen LogP contribution in [0.1, 0.15) is 52.9 Å². The molecule has 2 aliphatic rings. The summed E-state index contributed by atoms with van der Waals surface area (Å²) >= 11 is 0. The summed E-state index contributed by atoms with van der Waals surface area (Å²) in [6, 6.07) is 1.51. The van der Waals surface area contributed by atoms with Crippen molar-refractivity contribution in [3.05, 3.63) is 0 Å². The molecular weight excluding hydrogens is 196 g/mol. The van der Waals surface area contributed by atoms with E-state index >= 15 is 0 Å². The average Bonchev–Trinajstić information content (AvgIpc) is 2.56. The lowest BCUT2D eigenvalue weighted by Crippen LogP contribution is -2.41. The lowest BCUT2D eigenvalue weighted by Gasteiger charge is -2.29. The van der Waals surface area contributed by atoms with Gasteiger partial charge in [-0.1, -0.05) is 13.8 Å². The van der Waals surface area contributed by atoms with Crippen molar-refractivity contribution in [1.82, 2.24) is 10.6 Å². The van der Waals surface area contributed by atoms with Crippen molar-refractivity contribution in [1.29, 1.82) is 0 Å². The molecule has 0 aromatic rings. The molecule has 1 aliphatic heterocycles. The molecule has 0 spiro atoms. The zero-order valence-electron chi connectivity index (χ0n) is 11.2. The summed E-state index contributed by atoms with van der Waals surface area (Å²) in [5, 5.41) is 7.32. The standard InChI is InChI=1S/C14H28N2/c1-11-8-12(5-7-15-11)10-16-13-4-6-14(2,3)9-13/h11-13,15-16H,4-10H2,1-3H3. The van der Waals surface area contributed by atoms with Crippen molar-refractivity contribution in [2.24, 2.45) is 11.3 Å². The maximum Gasteiger partial charge on any atom is 0.00724 e.